The van der Waals surface area contributed by atoms with Gasteiger partial charge in [0.25, 0.3) is 0 Å². The molecular formula is C18H24N4O2. The molecule has 1 aliphatic rings. The summed E-state index contributed by atoms with van der Waals surface area (Å²) in [6.07, 6.45) is 3.02. The van der Waals surface area contributed by atoms with E-state index in [-0.39, 0.29) is 23.1 Å². The van der Waals surface area contributed by atoms with Gasteiger partial charge in [-0.1, -0.05) is 32.9 Å². The molecule has 6 nitrogen and oxygen atoms in total. The number of carbonyl (C=O) groups excluding carboxylic acids is 2. The molecule has 0 aliphatic carbocycles. The number of imidazole rings is 1. The van der Waals surface area contributed by atoms with Crippen molar-refractivity contribution in [1.29, 1.82) is 0 Å². The summed E-state index contributed by atoms with van der Waals surface area (Å²) < 4.78 is 1.67. The zero-order chi connectivity index (χ0) is 17.3. The number of amides is 2. The van der Waals surface area contributed by atoms with Gasteiger partial charge in [0.05, 0.1) is 11.0 Å². The molecule has 2 heterocycles. The molecule has 3 rings (SSSR count). The van der Waals surface area contributed by atoms with Crippen LogP contribution >= 0.6 is 0 Å². The van der Waals surface area contributed by atoms with Gasteiger partial charge in [-0.25, -0.2) is 9.66 Å². The molecule has 0 spiro atoms. The molecule has 1 fully saturated rings. The summed E-state index contributed by atoms with van der Waals surface area (Å²) in [4.78, 5) is 31.0. The van der Waals surface area contributed by atoms with Gasteiger partial charge in [0.15, 0.2) is 0 Å². The molecule has 0 unspecified atom stereocenters. The van der Waals surface area contributed by atoms with Gasteiger partial charge in [0.2, 0.25) is 11.8 Å². The molecule has 128 valence electrons. The highest BCUT2D eigenvalue weighted by molar-refractivity contribution is 5.88. The Kier molecular flexibility index (Phi) is 4.30. The fraction of sp³-hybridized carbons (Fsp3) is 0.500. The molecule has 1 aromatic heterocycles. The van der Waals surface area contributed by atoms with Gasteiger partial charge in [0, 0.05) is 24.4 Å². The first-order valence-corrected chi connectivity index (χ1v) is 8.38. The monoisotopic (exact) mass is 328 g/mol. The smallest absolute Gasteiger partial charge is 0.242 e. The predicted molar refractivity (Wildman–Crippen MR) is 92.9 cm³/mol. The first kappa shape index (κ1) is 16.5. The Morgan fingerprint density at radius 2 is 1.83 bits per heavy atom. The largest absolute Gasteiger partial charge is 0.342 e. The van der Waals surface area contributed by atoms with Gasteiger partial charge in [0.1, 0.15) is 6.33 Å². The van der Waals surface area contributed by atoms with E-state index >= 15 is 0 Å². The quantitative estimate of drug-likeness (QED) is 0.920. The van der Waals surface area contributed by atoms with E-state index in [9.17, 15) is 9.59 Å². The van der Waals surface area contributed by atoms with E-state index in [1.165, 1.54) is 0 Å². The number of piperidine rings is 1. The topological polar surface area (TPSA) is 67.2 Å². The maximum Gasteiger partial charge on any atom is 0.242 e. The van der Waals surface area contributed by atoms with E-state index in [2.05, 4.69) is 10.4 Å². The maximum atomic E-state index is 12.5. The first-order valence-electron chi connectivity index (χ1n) is 8.38. The number of para-hydroxylation sites is 2. The molecule has 1 saturated heterocycles. The predicted octanol–water partition coefficient (Wildman–Crippen LogP) is 2.39. The van der Waals surface area contributed by atoms with E-state index in [1.807, 2.05) is 49.9 Å². The Morgan fingerprint density at radius 3 is 2.50 bits per heavy atom. The number of fused-ring (bicyclic) bond motifs is 1. The average Bonchev–Trinajstić information content (AvgIpc) is 2.96. The third kappa shape index (κ3) is 3.27. The molecule has 6 heteroatoms. The molecule has 0 bridgehead atoms. The van der Waals surface area contributed by atoms with Crippen LogP contribution in [0.25, 0.3) is 11.0 Å². The average molecular weight is 328 g/mol. The van der Waals surface area contributed by atoms with Crippen molar-refractivity contribution in [2.24, 2.45) is 11.3 Å². The highest BCUT2D eigenvalue weighted by atomic mass is 16.2. The van der Waals surface area contributed by atoms with Crippen molar-refractivity contribution in [3.8, 4) is 0 Å². The van der Waals surface area contributed by atoms with Crippen molar-refractivity contribution >= 4 is 22.8 Å². The van der Waals surface area contributed by atoms with Crippen LogP contribution in [0.15, 0.2) is 30.6 Å². The van der Waals surface area contributed by atoms with Crippen LogP contribution in [0, 0.1) is 11.3 Å². The molecule has 0 atom stereocenters. The van der Waals surface area contributed by atoms with E-state index in [0.717, 1.165) is 11.0 Å². The van der Waals surface area contributed by atoms with E-state index < -0.39 is 0 Å². The van der Waals surface area contributed by atoms with Gasteiger partial charge in [-0.05, 0) is 25.0 Å². The van der Waals surface area contributed by atoms with E-state index in [1.54, 1.807) is 11.0 Å². The molecule has 2 aromatic rings. The van der Waals surface area contributed by atoms with E-state index in [0.29, 0.717) is 25.9 Å². The second-order valence-electron chi connectivity index (χ2n) is 7.40. The van der Waals surface area contributed by atoms with Gasteiger partial charge >= 0.3 is 0 Å². The van der Waals surface area contributed by atoms with Crippen LogP contribution in [0.4, 0.5) is 0 Å². The maximum absolute atomic E-state index is 12.5. The Labute approximate surface area is 141 Å². The molecule has 24 heavy (non-hydrogen) atoms. The zero-order valence-corrected chi connectivity index (χ0v) is 14.5. The summed E-state index contributed by atoms with van der Waals surface area (Å²) in [5.41, 5.74) is 4.28. The lowest BCUT2D eigenvalue weighted by molar-refractivity contribution is -0.142. The zero-order valence-electron chi connectivity index (χ0n) is 14.5. The van der Waals surface area contributed by atoms with Crippen molar-refractivity contribution in [1.82, 2.24) is 14.6 Å². The molecular weight excluding hydrogens is 304 g/mol. The number of hydrogen-bond acceptors (Lipinski definition) is 3. The number of rotatable bonds is 2. The van der Waals surface area contributed by atoms with Gasteiger partial charge in [-0.3, -0.25) is 15.0 Å². The number of aromatic nitrogens is 2. The number of nitrogens with one attached hydrogen (secondary N) is 1. The van der Waals surface area contributed by atoms with Gasteiger partial charge in [-0.15, -0.1) is 0 Å². The number of carbonyl (C=O) groups is 2. The first-order chi connectivity index (χ1) is 11.4. The summed E-state index contributed by atoms with van der Waals surface area (Å²) in [5, 5.41) is 0. The summed E-state index contributed by atoms with van der Waals surface area (Å²) in [5.74, 6) is 0.0677. The minimum atomic E-state index is -0.370. The SMILES string of the molecule is CC(C)(C)C(=O)N1CCC(C(=O)Nn2cnc3ccccc32)CC1. The molecule has 1 aliphatic heterocycles. The van der Waals surface area contributed by atoms with Gasteiger partial charge in [-0.2, -0.15) is 0 Å². The van der Waals surface area contributed by atoms with Crippen LogP contribution < -0.4 is 5.43 Å². The van der Waals surface area contributed by atoms with Crippen LogP contribution in [-0.2, 0) is 9.59 Å². The molecule has 2 amide bonds. The molecule has 1 N–H and O–H groups in total. The molecule has 0 radical (unpaired) electrons. The normalized spacial score (nSPS) is 16.4. The lowest BCUT2D eigenvalue weighted by atomic mass is 9.91. The highest BCUT2D eigenvalue weighted by Gasteiger charge is 2.32. The second kappa shape index (κ2) is 6.26. The van der Waals surface area contributed by atoms with Crippen molar-refractivity contribution in [3.05, 3.63) is 30.6 Å². The summed E-state index contributed by atoms with van der Waals surface area (Å²) in [6.45, 7) is 7.06. The molecule has 0 saturated carbocycles. The van der Waals surface area contributed by atoms with Crippen molar-refractivity contribution in [2.75, 3.05) is 18.5 Å². The molecule has 1 aromatic carbocycles. The Morgan fingerprint density at radius 1 is 1.17 bits per heavy atom. The minimum absolute atomic E-state index is 0.0130. The van der Waals surface area contributed by atoms with Crippen LogP contribution in [0.2, 0.25) is 0 Å². The fourth-order valence-corrected chi connectivity index (χ4v) is 3.08. The number of likely N-dealkylation sites (tertiary alicyclic amines) is 1. The standard InChI is InChI=1S/C18H24N4O2/c1-18(2,3)17(24)21-10-8-13(9-11-21)16(23)20-22-12-19-14-6-4-5-7-15(14)22/h4-7,12-13H,8-11H2,1-3H3,(H,20,23). The Hall–Kier alpha value is -2.37. The van der Waals surface area contributed by atoms with Crippen LogP contribution in [0.3, 0.4) is 0 Å². The minimum Gasteiger partial charge on any atom is -0.342 e. The Balaban J connectivity index is 1.61. The highest BCUT2D eigenvalue weighted by Crippen LogP contribution is 2.24. The third-order valence-corrected chi connectivity index (χ3v) is 4.48. The van der Waals surface area contributed by atoms with Gasteiger partial charge < -0.3 is 4.90 Å². The van der Waals surface area contributed by atoms with Crippen molar-refractivity contribution in [2.45, 2.75) is 33.6 Å². The summed E-state index contributed by atoms with van der Waals surface area (Å²) >= 11 is 0. The van der Waals surface area contributed by atoms with Crippen molar-refractivity contribution in [3.63, 3.8) is 0 Å². The summed E-state index contributed by atoms with van der Waals surface area (Å²) in [7, 11) is 0. The Bertz CT molecular complexity index is 752. The number of nitrogens with zero attached hydrogens (tertiary/aromatic N) is 3. The number of benzene rings is 1. The van der Waals surface area contributed by atoms with Crippen molar-refractivity contribution < 1.29 is 9.59 Å². The van der Waals surface area contributed by atoms with Crippen LogP contribution in [-0.4, -0.2) is 39.5 Å². The second-order valence-corrected chi connectivity index (χ2v) is 7.40. The lowest BCUT2D eigenvalue weighted by Crippen LogP contribution is -2.46. The van der Waals surface area contributed by atoms with Crippen LogP contribution in [0.1, 0.15) is 33.6 Å². The fourth-order valence-electron chi connectivity index (χ4n) is 3.08. The lowest BCUT2D eigenvalue weighted by Gasteiger charge is -2.35. The summed E-state index contributed by atoms with van der Waals surface area (Å²) in [6, 6.07) is 7.68. The number of hydrogen-bond donors (Lipinski definition) is 1. The third-order valence-electron chi connectivity index (χ3n) is 4.48. The van der Waals surface area contributed by atoms with Crippen LogP contribution in [0.5, 0.6) is 0 Å². The van der Waals surface area contributed by atoms with E-state index in [4.69, 9.17) is 0 Å².